The van der Waals surface area contributed by atoms with Gasteiger partial charge in [0.1, 0.15) is 18.1 Å². The van der Waals surface area contributed by atoms with Gasteiger partial charge in [0.05, 0.1) is 5.57 Å². The summed E-state index contributed by atoms with van der Waals surface area (Å²) in [6.07, 6.45) is 1.75. The SMILES string of the molecule is O=C1ON=C(c2ccccc2)/C1=C/c1ccc(OCc2c(Cl)cccc2Cl)cc1. The van der Waals surface area contributed by atoms with Crippen LogP contribution in [-0.2, 0) is 16.2 Å². The molecule has 1 heterocycles. The maximum Gasteiger partial charge on any atom is 0.368 e. The average Bonchev–Trinajstić information content (AvgIpc) is 3.10. The number of halogens is 2. The third-order valence-corrected chi connectivity index (χ3v) is 5.09. The number of rotatable bonds is 5. The van der Waals surface area contributed by atoms with Crippen LogP contribution in [0.4, 0.5) is 0 Å². The van der Waals surface area contributed by atoms with Crippen molar-refractivity contribution in [1.29, 1.82) is 0 Å². The van der Waals surface area contributed by atoms with Crippen molar-refractivity contribution >= 4 is 41.0 Å². The van der Waals surface area contributed by atoms with Crippen LogP contribution < -0.4 is 4.74 Å². The van der Waals surface area contributed by atoms with Crippen molar-refractivity contribution in [1.82, 2.24) is 0 Å². The first-order valence-corrected chi connectivity index (χ1v) is 9.60. The van der Waals surface area contributed by atoms with E-state index in [0.717, 1.165) is 16.7 Å². The first-order chi connectivity index (χ1) is 14.1. The molecule has 0 N–H and O–H groups in total. The Balaban J connectivity index is 1.50. The van der Waals surface area contributed by atoms with Crippen molar-refractivity contribution < 1.29 is 14.4 Å². The second-order valence-corrected chi connectivity index (χ2v) is 7.11. The van der Waals surface area contributed by atoms with Gasteiger partial charge in [-0.1, -0.05) is 76.9 Å². The van der Waals surface area contributed by atoms with Crippen LogP contribution in [0.1, 0.15) is 16.7 Å². The zero-order valence-electron chi connectivity index (χ0n) is 15.1. The van der Waals surface area contributed by atoms with Crippen molar-refractivity contribution in [3.63, 3.8) is 0 Å². The Labute approximate surface area is 178 Å². The summed E-state index contributed by atoms with van der Waals surface area (Å²) in [6, 6.07) is 22.1. The summed E-state index contributed by atoms with van der Waals surface area (Å²) in [5.41, 5.74) is 3.31. The van der Waals surface area contributed by atoms with Crippen molar-refractivity contribution in [2.45, 2.75) is 6.61 Å². The number of nitrogens with zero attached hydrogens (tertiary/aromatic N) is 1. The quantitative estimate of drug-likeness (QED) is 0.378. The predicted octanol–water partition coefficient (Wildman–Crippen LogP) is 5.92. The summed E-state index contributed by atoms with van der Waals surface area (Å²) in [4.78, 5) is 17.0. The molecule has 0 bridgehead atoms. The highest BCUT2D eigenvalue weighted by Gasteiger charge is 2.26. The molecule has 0 amide bonds. The van der Waals surface area contributed by atoms with Crippen molar-refractivity contribution in [2.75, 3.05) is 0 Å². The molecule has 0 spiro atoms. The smallest absolute Gasteiger partial charge is 0.368 e. The highest BCUT2D eigenvalue weighted by atomic mass is 35.5. The molecule has 144 valence electrons. The Bertz CT molecular complexity index is 1090. The minimum Gasteiger partial charge on any atom is -0.489 e. The minimum atomic E-state index is -0.474. The lowest BCUT2D eigenvalue weighted by Crippen LogP contribution is -2.06. The highest BCUT2D eigenvalue weighted by molar-refractivity contribution is 6.36. The summed E-state index contributed by atoms with van der Waals surface area (Å²) in [6.45, 7) is 0.260. The standard InChI is InChI=1S/C23H15Cl2NO3/c24-20-7-4-8-21(25)19(20)14-28-17-11-9-15(10-12-17)13-18-22(26-29-23(18)27)16-5-2-1-3-6-16/h1-13H,14H2/b18-13-. The lowest BCUT2D eigenvalue weighted by Gasteiger charge is -2.09. The molecule has 0 radical (unpaired) electrons. The van der Waals surface area contributed by atoms with E-state index in [2.05, 4.69) is 5.16 Å². The van der Waals surface area contributed by atoms with Gasteiger partial charge in [-0.3, -0.25) is 0 Å². The number of hydrogen-bond acceptors (Lipinski definition) is 4. The van der Waals surface area contributed by atoms with E-state index < -0.39 is 5.97 Å². The van der Waals surface area contributed by atoms with Gasteiger partial charge in [0, 0.05) is 21.2 Å². The third kappa shape index (κ3) is 4.34. The van der Waals surface area contributed by atoms with Crippen molar-refractivity contribution in [3.8, 4) is 5.75 Å². The maximum absolute atomic E-state index is 12.1. The van der Waals surface area contributed by atoms with Gasteiger partial charge < -0.3 is 9.57 Å². The van der Waals surface area contributed by atoms with Crippen molar-refractivity contribution in [2.24, 2.45) is 5.16 Å². The monoisotopic (exact) mass is 423 g/mol. The van der Waals surface area contributed by atoms with E-state index >= 15 is 0 Å². The summed E-state index contributed by atoms with van der Waals surface area (Å²) >= 11 is 12.3. The molecule has 1 aliphatic rings. The number of carbonyl (C=O) groups is 1. The molecule has 6 heteroatoms. The number of ether oxygens (including phenoxy) is 1. The lowest BCUT2D eigenvalue weighted by atomic mass is 10.0. The Morgan fingerprint density at radius 1 is 0.897 bits per heavy atom. The van der Waals surface area contributed by atoms with Crippen LogP contribution >= 0.6 is 23.2 Å². The molecule has 0 aliphatic carbocycles. The second kappa shape index (κ2) is 8.52. The van der Waals surface area contributed by atoms with Crippen LogP contribution in [0.5, 0.6) is 5.75 Å². The Kier molecular flexibility index (Phi) is 5.65. The van der Waals surface area contributed by atoms with Crippen LogP contribution in [0.3, 0.4) is 0 Å². The molecule has 3 aromatic carbocycles. The molecule has 4 nitrogen and oxygen atoms in total. The molecule has 1 aliphatic heterocycles. The molecule has 0 saturated heterocycles. The normalized spacial score (nSPS) is 14.6. The fourth-order valence-corrected chi connectivity index (χ4v) is 3.37. The molecule has 3 aromatic rings. The van der Waals surface area contributed by atoms with E-state index in [1.807, 2.05) is 54.6 Å². The van der Waals surface area contributed by atoms with E-state index in [0.29, 0.717) is 27.1 Å². The average molecular weight is 424 g/mol. The van der Waals surface area contributed by atoms with Crippen LogP contribution in [0.15, 0.2) is 83.5 Å². The van der Waals surface area contributed by atoms with Gasteiger partial charge in [-0.05, 0) is 35.9 Å². The lowest BCUT2D eigenvalue weighted by molar-refractivity contribution is -0.136. The second-order valence-electron chi connectivity index (χ2n) is 6.30. The zero-order chi connectivity index (χ0) is 20.2. The Morgan fingerprint density at radius 2 is 1.59 bits per heavy atom. The molecule has 0 fully saturated rings. The molecule has 4 rings (SSSR count). The molecule has 0 saturated carbocycles. The Hall–Kier alpha value is -3.08. The van der Waals surface area contributed by atoms with Crippen LogP contribution in [0.25, 0.3) is 6.08 Å². The molecule has 29 heavy (non-hydrogen) atoms. The van der Waals surface area contributed by atoms with Gasteiger partial charge in [0.2, 0.25) is 0 Å². The zero-order valence-corrected chi connectivity index (χ0v) is 16.7. The fourth-order valence-electron chi connectivity index (χ4n) is 2.87. The van der Waals surface area contributed by atoms with E-state index in [-0.39, 0.29) is 6.61 Å². The Morgan fingerprint density at radius 3 is 2.28 bits per heavy atom. The topological polar surface area (TPSA) is 47.9 Å². The van der Waals surface area contributed by atoms with Gasteiger partial charge in [0.15, 0.2) is 0 Å². The highest BCUT2D eigenvalue weighted by Crippen LogP contribution is 2.26. The summed E-state index contributed by atoms with van der Waals surface area (Å²) in [5.74, 6) is 0.187. The van der Waals surface area contributed by atoms with Crippen LogP contribution in [0, 0.1) is 0 Å². The molecule has 0 unspecified atom stereocenters. The molecule has 0 atom stereocenters. The molecular weight excluding hydrogens is 409 g/mol. The summed E-state index contributed by atoms with van der Waals surface area (Å²) < 4.78 is 5.79. The molecule has 0 aromatic heterocycles. The fraction of sp³-hybridized carbons (Fsp3) is 0.0435. The van der Waals surface area contributed by atoms with E-state index in [9.17, 15) is 4.79 Å². The number of oxime groups is 1. The number of hydrogen-bond donors (Lipinski definition) is 0. The first-order valence-electron chi connectivity index (χ1n) is 8.84. The van der Waals surface area contributed by atoms with E-state index in [1.54, 1.807) is 24.3 Å². The number of carbonyl (C=O) groups excluding carboxylic acids is 1. The summed E-state index contributed by atoms with van der Waals surface area (Å²) in [5, 5.41) is 5.03. The first kappa shape index (κ1) is 19.2. The maximum atomic E-state index is 12.1. The van der Waals surface area contributed by atoms with Crippen molar-refractivity contribution in [3.05, 3.63) is 105 Å². The largest absolute Gasteiger partial charge is 0.489 e. The van der Waals surface area contributed by atoms with Crippen LogP contribution in [0.2, 0.25) is 10.0 Å². The van der Waals surface area contributed by atoms with Gasteiger partial charge in [0.25, 0.3) is 0 Å². The van der Waals surface area contributed by atoms with Gasteiger partial charge in [-0.25, -0.2) is 4.79 Å². The van der Waals surface area contributed by atoms with Gasteiger partial charge >= 0.3 is 5.97 Å². The van der Waals surface area contributed by atoms with E-state index in [4.69, 9.17) is 32.8 Å². The predicted molar refractivity (Wildman–Crippen MR) is 114 cm³/mol. The third-order valence-electron chi connectivity index (χ3n) is 4.38. The van der Waals surface area contributed by atoms with Gasteiger partial charge in [-0.15, -0.1) is 0 Å². The number of benzene rings is 3. The van der Waals surface area contributed by atoms with E-state index in [1.165, 1.54) is 0 Å². The van der Waals surface area contributed by atoms with Gasteiger partial charge in [-0.2, -0.15) is 0 Å². The van der Waals surface area contributed by atoms with Crippen LogP contribution in [-0.4, -0.2) is 11.7 Å². The minimum absolute atomic E-state index is 0.260. The molecular formula is C23H15Cl2NO3. The summed E-state index contributed by atoms with van der Waals surface area (Å²) in [7, 11) is 0.